The maximum absolute atomic E-state index is 5.89. The molecule has 4 unspecified atom stereocenters. The molecule has 18 heavy (non-hydrogen) atoms. The van der Waals surface area contributed by atoms with Crippen LogP contribution in [0.2, 0.25) is 0 Å². The molecule has 4 atom stereocenters. The van der Waals surface area contributed by atoms with E-state index >= 15 is 0 Å². The second-order valence-corrected chi connectivity index (χ2v) is 6.77. The summed E-state index contributed by atoms with van der Waals surface area (Å²) in [5, 5.41) is 0. The van der Waals surface area contributed by atoms with Gasteiger partial charge in [0.15, 0.2) is 0 Å². The fourth-order valence-electron chi connectivity index (χ4n) is 4.63. The minimum atomic E-state index is 0.505. The second kappa shape index (κ2) is 4.17. The highest BCUT2D eigenvalue weighted by Crippen LogP contribution is 2.43. The van der Waals surface area contributed by atoms with E-state index in [1.165, 1.54) is 26.1 Å². The van der Waals surface area contributed by atoms with Crippen molar-refractivity contribution in [2.45, 2.75) is 24.7 Å². The molecule has 5 rings (SSSR count). The van der Waals surface area contributed by atoms with Crippen molar-refractivity contribution in [3.63, 3.8) is 0 Å². The van der Waals surface area contributed by atoms with Crippen LogP contribution in [-0.4, -0.2) is 75.0 Å². The van der Waals surface area contributed by atoms with Crippen LogP contribution in [0, 0.1) is 17.8 Å². The predicted molar refractivity (Wildman–Crippen MR) is 68.5 cm³/mol. The van der Waals surface area contributed by atoms with Gasteiger partial charge in [0.2, 0.25) is 0 Å². The molecular formula is C14H24N2O2. The lowest BCUT2D eigenvalue weighted by Gasteiger charge is -2.57. The summed E-state index contributed by atoms with van der Waals surface area (Å²) in [6, 6.07) is 0. The summed E-state index contributed by atoms with van der Waals surface area (Å²) < 4.78 is 11.5. The number of hydrogen-bond acceptors (Lipinski definition) is 4. The van der Waals surface area contributed by atoms with Crippen molar-refractivity contribution in [2.75, 3.05) is 46.9 Å². The van der Waals surface area contributed by atoms with Crippen molar-refractivity contribution < 1.29 is 9.47 Å². The molecule has 4 aliphatic heterocycles. The molecule has 1 aliphatic carbocycles. The first-order valence-electron chi connectivity index (χ1n) is 7.33. The predicted octanol–water partition coefficient (Wildman–Crippen LogP) is 0.282. The number of methoxy groups -OCH3 is 1. The van der Waals surface area contributed by atoms with Crippen LogP contribution in [0.5, 0.6) is 0 Å². The molecule has 0 radical (unpaired) electrons. The van der Waals surface area contributed by atoms with Crippen molar-refractivity contribution in [3.05, 3.63) is 0 Å². The van der Waals surface area contributed by atoms with E-state index < -0.39 is 0 Å². The Labute approximate surface area is 109 Å². The molecule has 0 aromatic carbocycles. The van der Waals surface area contributed by atoms with Crippen LogP contribution in [0.4, 0.5) is 0 Å². The first-order valence-corrected chi connectivity index (χ1v) is 7.33. The average molecular weight is 252 g/mol. The molecular weight excluding hydrogens is 228 g/mol. The lowest BCUT2D eigenvalue weighted by molar-refractivity contribution is -0.238. The van der Waals surface area contributed by atoms with Gasteiger partial charge in [0.1, 0.15) is 0 Å². The first-order chi connectivity index (χ1) is 8.74. The van der Waals surface area contributed by atoms with Crippen molar-refractivity contribution in [2.24, 2.45) is 17.8 Å². The number of likely N-dealkylation sites (N-methyl/N-ethyl adjacent to an activating group) is 1. The maximum atomic E-state index is 5.89. The van der Waals surface area contributed by atoms with Crippen molar-refractivity contribution in [3.8, 4) is 0 Å². The highest BCUT2D eigenvalue weighted by molar-refractivity contribution is 5.02. The molecule has 0 aromatic heterocycles. The van der Waals surface area contributed by atoms with E-state index in [-0.39, 0.29) is 0 Å². The molecule has 4 heteroatoms. The second-order valence-electron chi connectivity index (χ2n) is 6.77. The fraction of sp³-hybridized carbons (Fsp3) is 1.00. The molecule has 0 spiro atoms. The zero-order valence-corrected chi connectivity index (χ0v) is 11.4. The Morgan fingerprint density at radius 3 is 2.39 bits per heavy atom. The summed E-state index contributed by atoms with van der Waals surface area (Å²) >= 11 is 0. The number of nitrogens with zero attached hydrogens (tertiary/aromatic N) is 2. The molecule has 1 saturated carbocycles. The molecule has 102 valence electrons. The Morgan fingerprint density at radius 1 is 1.11 bits per heavy atom. The standard InChI is InChI=1S/C14H24N2O2/c1-15-7-12-11(13(8-15)18-12)6-16-4-9-3-10(5-16)14(9)17-2/h9-14H,3-8H2,1-2H3. The normalized spacial score (nSPS) is 51.7. The zero-order valence-electron chi connectivity index (χ0n) is 11.4. The number of ether oxygens (including phenoxy) is 2. The van der Waals surface area contributed by atoms with Crippen LogP contribution in [-0.2, 0) is 9.47 Å². The van der Waals surface area contributed by atoms with Crippen LogP contribution in [0.3, 0.4) is 0 Å². The molecule has 0 N–H and O–H groups in total. The number of hydrogen-bond donors (Lipinski definition) is 0. The van der Waals surface area contributed by atoms with Gasteiger partial charge in [-0.2, -0.15) is 0 Å². The van der Waals surface area contributed by atoms with Gasteiger partial charge in [-0.25, -0.2) is 0 Å². The first kappa shape index (κ1) is 11.6. The smallest absolute Gasteiger partial charge is 0.0772 e. The summed E-state index contributed by atoms with van der Waals surface area (Å²) in [6.07, 6.45) is 2.96. The minimum absolute atomic E-state index is 0.505. The van der Waals surface area contributed by atoms with Gasteiger partial charge in [-0.15, -0.1) is 0 Å². The molecule has 4 saturated heterocycles. The van der Waals surface area contributed by atoms with Crippen molar-refractivity contribution in [1.82, 2.24) is 9.80 Å². The van der Waals surface area contributed by atoms with E-state index in [1.807, 2.05) is 7.11 Å². The van der Waals surface area contributed by atoms with Gasteiger partial charge >= 0.3 is 0 Å². The highest BCUT2D eigenvalue weighted by atomic mass is 16.5. The molecule has 0 aromatic rings. The number of rotatable bonds is 3. The van der Waals surface area contributed by atoms with E-state index in [1.54, 1.807) is 0 Å². The van der Waals surface area contributed by atoms with Crippen LogP contribution in [0.25, 0.3) is 0 Å². The van der Waals surface area contributed by atoms with Gasteiger partial charge < -0.3 is 19.3 Å². The molecule has 4 heterocycles. The highest BCUT2D eigenvalue weighted by Gasteiger charge is 2.51. The fourth-order valence-corrected chi connectivity index (χ4v) is 4.63. The van der Waals surface area contributed by atoms with Crippen LogP contribution in [0.1, 0.15) is 6.42 Å². The number of likely N-dealkylation sites (tertiary alicyclic amines) is 1. The monoisotopic (exact) mass is 252 g/mol. The van der Waals surface area contributed by atoms with Crippen LogP contribution in [0.15, 0.2) is 0 Å². The summed E-state index contributed by atoms with van der Waals surface area (Å²) in [5.74, 6) is 2.40. The quantitative estimate of drug-likeness (QED) is 0.720. The molecule has 5 fully saturated rings. The number of morpholine rings is 1. The van der Waals surface area contributed by atoms with Crippen LogP contribution >= 0.6 is 0 Å². The van der Waals surface area contributed by atoms with E-state index in [9.17, 15) is 0 Å². The van der Waals surface area contributed by atoms with Gasteiger partial charge in [-0.05, 0) is 25.3 Å². The lowest BCUT2D eigenvalue weighted by Crippen LogP contribution is -2.67. The summed E-state index contributed by atoms with van der Waals surface area (Å²) in [4.78, 5) is 5.08. The Kier molecular flexibility index (Phi) is 2.70. The largest absolute Gasteiger partial charge is 0.381 e. The van der Waals surface area contributed by atoms with Gasteiger partial charge in [-0.3, -0.25) is 0 Å². The van der Waals surface area contributed by atoms with E-state index in [0.29, 0.717) is 18.3 Å². The SMILES string of the molecule is COC1C2CC1CN(CC1C3CN(C)CC1O3)C2. The molecule has 5 aliphatic rings. The topological polar surface area (TPSA) is 24.9 Å². The number of piperidine rings is 3. The Morgan fingerprint density at radius 2 is 1.78 bits per heavy atom. The third-order valence-corrected chi connectivity index (χ3v) is 5.55. The van der Waals surface area contributed by atoms with Gasteiger partial charge in [0.05, 0.1) is 18.3 Å². The Bertz CT molecular complexity index is 314. The lowest BCUT2D eigenvalue weighted by atomic mass is 9.67. The summed E-state index contributed by atoms with van der Waals surface area (Å²) in [6.45, 7) is 6.01. The molecule has 4 nitrogen and oxygen atoms in total. The Balaban J connectivity index is 1.32. The van der Waals surface area contributed by atoms with Crippen molar-refractivity contribution in [1.29, 1.82) is 0 Å². The van der Waals surface area contributed by atoms with E-state index in [0.717, 1.165) is 30.8 Å². The maximum Gasteiger partial charge on any atom is 0.0772 e. The van der Waals surface area contributed by atoms with Crippen LogP contribution < -0.4 is 0 Å². The third-order valence-electron chi connectivity index (χ3n) is 5.55. The van der Waals surface area contributed by atoms with E-state index in [2.05, 4.69) is 16.8 Å². The number of fused-ring (bicyclic) bond motifs is 4. The van der Waals surface area contributed by atoms with Gasteiger partial charge in [0, 0.05) is 45.8 Å². The Hall–Kier alpha value is -0.160. The third kappa shape index (κ3) is 1.66. The molecule has 0 amide bonds. The summed E-state index contributed by atoms with van der Waals surface area (Å²) in [5.41, 5.74) is 0. The minimum Gasteiger partial charge on any atom is -0.381 e. The van der Waals surface area contributed by atoms with Gasteiger partial charge in [-0.1, -0.05) is 0 Å². The average Bonchev–Trinajstić information content (AvgIpc) is 2.36. The zero-order chi connectivity index (χ0) is 12.3. The van der Waals surface area contributed by atoms with Crippen molar-refractivity contribution >= 4 is 0 Å². The summed E-state index contributed by atoms with van der Waals surface area (Å²) in [7, 11) is 4.08. The molecule has 4 bridgehead atoms. The van der Waals surface area contributed by atoms with E-state index in [4.69, 9.17) is 9.47 Å². The van der Waals surface area contributed by atoms with Gasteiger partial charge in [0.25, 0.3) is 0 Å².